The van der Waals surface area contributed by atoms with Crippen LogP contribution < -0.4 is 21.3 Å². The maximum Gasteiger partial charge on any atom is 0.103 e. The fourth-order valence-electron chi connectivity index (χ4n) is 65.7. The first-order valence-corrected chi connectivity index (χ1v) is 60.6. The van der Waals surface area contributed by atoms with Crippen LogP contribution in [0.1, 0.15) is 216 Å². The number of amidine groups is 4. The minimum Gasteiger partial charge on any atom is -0.372 e. The van der Waals surface area contributed by atoms with Crippen LogP contribution in [0, 0.1) is 453 Å². The quantitative estimate of drug-likeness (QED) is 0.195. The average molecular weight is 1740 g/mol. The normalized spacial score (nSPS) is 71.1. The summed E-state index contributed by atoms with van der Waals surface area (Å²) in [6.07, 6.45) is 42.0. The van der Waals surface area contributed by atoms with Crippen LogP contribution in [0.15, 0.2) is 20.0 Å². The van der Waals surface area contributed by atoms with Gasteiger partial charge in [-0.1, -0.05) is 55.4 Å². The average Bonchev–Trinajstić information content (AvgIpc) is 0.700. The molecule has 4 N–H and O–H groups in total. The number of nitrogens with zero attached hydrogens (tertiary/aromatic N) is 4. The van der Waals surface area contributed by atoms with E-state index in [1.165, 1.54) is 36.3 Å². The van der Waals surface area contributed by atoms with Gasteiger partial charge in [-0.25, -0.2) is 0 Å². The molecule has 0 spiro atoms. The molecule has 40 rings (SSSR count). The summed E-state index contributed by atoms with van der Waals surface area (Å²) in [5.74, 6) is 83.2. The van der Waals surface area contributed by atoms with Gasteiger partial charge in [0, 0.05) is 47.8 Å². The molecule has 0 aromatic heterocycles. The van der Waals surface area contributed by atoms with E-state index in [1.54, 1.807) is 154 Å². The lowest BCUT2D eigenvalue weighted by atomic mass is 9.13. The summed E-state index contributed by atoms with van der Waals surface area (Å²) in [6, 6.07) is 0. The van der Waals surface area contributed by atoms with Gasteiger partial charge in [0.2, 0.25) is 0 Å². The number of nitrogens with one attached hydrogen (secondary N) is 4. The van der Waals surface area contributed by atoms with Crippen LogP contribution in [0.5, 0.6) is 0 Å². The standard InChI is InChI=1S/C122H166N8/c1-118(2,114-123-13-14-124-114)61-36-56-33-54-31-53-30-51-28-50-29-52-32-55-34-58-40-65(120(5,6)116-127-17-18-128-116)63-39-59-38-62-64(119(3,4)115-125-15-16-126-115)10-9-42-21-44-23-46-25-48-27-49-26-47-24-45-22-43-11-12-122(121(7,8)117-129-19-20-130-117)41-60-35-57(37-61)66(56)85-69(54)97-79(53)95-77(51)93-75(50)91-73(52)89-71(55)87-68(58)84(63)99-81(59)86(67(42)62)70(44)88-72(46)90-74(48)92-76(49)94-78(47)96-80(45)98-83(43)113(122)112(82(60)85)111(97)110(98)109(95)108(96)107(93)106(94)105(91)104(92)103(89)102(90)101(87)100(88)99/h42-113H,9-41H2,1-8H3,(H,123,124)(H,125,126)(H,127,128)(H,129,130). The van der Waals surface area contributed by atoms with Crippen molar-refractivity contribution in [3.8, 4) is 0 Å². The van der Waals surface area contributed by atoms with Crippen molar-refractivity contribution in [1.82, 2.24) is 21.3 Å². The van der Waals surface area contributed by atoms with Crippen LogP contribution >= 0.6 is 0 Å². The summed E-state index contributed by atoms with van der Waals surface area (Å²) in [5.41, 5.74) is 0.965. The van der Waals surface area contributed by atoms with Gasteiger partial charge < -0.3 is 21.3 Å². The molecule has 8 nitrogen and oxygen atoms in total. The zero-order chi connectivity index (χ0) is 83.4. The van der Waals surface area contributed by atoms with Gasteiger partial charge in [0.25, 0.3) is 0 Å². The van der Waals surface area contributed by atoms with Gasteiger partial charge in [-0.3, -0.25) is 20.0 Å². The molecule has 4 aliphatic heterocycles. The van der Waals surface area contributed by atoms with Crippen LogP contribution in [0.3, 0.4) is 0 Å². The molecular formula is C122H166N8. The van der Waals surface area contributed by atoms with Gasteiger partial charge >= 0.3 is 0 Å². The molecule has 0 aromatic carbocycles. The van der Waals surface area contributed by atoms with E-state index in [0.717, 1.165) is 473 Å². The molecule has 0 saturated heterocycles. The van der Waals surface area contributed by atoms with Crippen molar-refractivity contribution in [3.63, 3.8) is 0 Å². The van der Waals surface area contributed by atoms with E-state index in [-0.39, 0.29) is 21.7 Å². The van der Waals surface area contributed by atoms with Crippen LogP contribution in [0.4, 0.5) is 0 Å². The fraction of sp³-hybridized carbons (Fsp3) is 0.967. The van der Waals surface area contributed by atoms with E-state index in [9.17, 15) is 0 Å². The molecule has 130 heavy (non-hydrogen) atoms. The van der Waals surface area contributed by atoms with Crippen molar-refractivity contribution in [3.05, 3.63) is 0 Å². The second-order valence-corrected chi connectivity index (χ2v) is 63.9. The smallest absolute Gasteiger partial charge is 0.103 e. The van der Waals surface area contributed by atoms with Crippen LogP contribution in [-0.4, -0.2) is 75.7 Å². The summed E-state index contributed by atoms with van der Waals surface area (Å²) in [5, 5.41) is 16.6. The second-order valence-electron chi connectivity index (χ2n) is 63.9. The summed E-state index contributed by atoms with van der Waals surface area (Å²) >= 11 is 0. The zero-order valence-electron chi connectivity index (χ0n) is 81.2. The van der Waals surface area contributed by atoms with Crippen molar-refractivity contribution in [2.75, 3.05) is 52.4 Å². The molecule has 36 fully saturated rings. The summed E-state index contributed by atoms with van der Waals surface area (Å²) < 4.78 is 0. The van der Waals surface area contributed by atoms with E-state index in [0.29, 0.717) is 5.41 Å². The predicted octanol–water partition coefficient (Wildman–Crippen LogP) is 20.7. The summed E-state index contributed by atoms with van der Waals surface area (Å²) in [4.78, 5) is 22.5. The number of hydrogen-bond acceptors (Lipinski definition) is 8. The Kier molecular flexibility index (Phi) is 13.0. The highest BCUT2D eigenvalue weighted by Gasteiger charge is 2.93. The zero-order valence-corrected chi connectivity index (χ0v) is 81.2. The molecule has 0 bridgehead atoms. The first-order chi connectivity index (χ1) is 63.5. The molecule has 73 unspecified atom stereocenters. The minimum absolute atomic E-state index is 0.121. The first kappa shape index (κ1) is 73.9. The molecule has 8 heteroatoms. The number of aliphatic imine (C=N–C) groups is 4. The minimum atomic E-state index is 0.121. The lowest BCUT2D eigenvalue weighted by Crippen LogP contribution is -2.87. The fourth-order valence-corrected chi connectivity index (χ4v) is 65.7. The highest BCUT2D eigenvalue weighted by atomic mass is 15.1. The van der Waals surface area contributed by atoms with E-state index in [4.69, 9.17) is 20.0 Å². The molecule has 0 radical (unpaired) electrons. The third kappa shape index (κ3) is 7.41. The Hall–Kier alpha value is -2.12. The predicted molar refractivity (Wildman–Crippen MR) is 505 cm³/mol. The Balaban J connectivity index is 0.533. The molecule has 36 aliphatic carbocycles. The van der Waals surface area contributed by atoms with Crippen LogP contribution in [0.2, 0.25) is 0 Å². The van der Waals surface area contributed by atoms with Crippen molar-refractivity contribution < 1.29 is 0 Å². The molecule has 0 aromatic rings. The summed E-state index contributed by atoms with van der Waals surface area (Å²) in [6.45, 7) is 31.1. The van der Waals surface area contributed by atoms with Crippen molar-refractivity contribution in [2.45, 2.75) is 216 Å². The third-order valence-corrected chi connectivity index (χ3v) is 63.7. The second kappa shape index (κ2) is 22.8. The topological polar surface area (TPSA) is 97.6 Å². The molecular weight excluding hydrogens is 1580 g/mol. The van der Waals surface area contributed by atoms with Crippen molar-refractivity contribution >= 4 is 23.3 Å². The molecule has 73 atom stereocenters. The lowest BCUT2D eigenvalue weighted by Gasteiger charge is -2.91. The largest absolute Gasteiger partial charge is 0.372 e. The van der Waals surface area contributed by atoms with Gasteiger partial charge in [-0.15, -0.1) is 0 Å². The highest BCUT2D eigenvalue weighted by molar-refractivity contribution is 5.91. The Morgan fingerprint density at radius 2 is 0.469 bits per heavy atom. The Morgan fingerprint density at radius 3 is 0.854 bits per heavy atom. The number of hydrogen-bond donors (Lipinski definition) is 4. The third-order valence-electron chi connectivity index (χ3n) is 63.7. The molecule has 40 aliphatic rings. The van der Waals surface area contributed by atoms with Gasteiger partial charge in [0.15, 0.2) is 0 Å². The highest BCUT2D eigenvalue weighted by Crippen LogP contribution is 2.97. The van der Waals surface area contributed by atoms with E-state index >= 15 is 0 Å². The van der Waals surface area contributed by atoms with Gasteiger partial charge in [0.05, 0.1) is 26.2 Å². The maximum atomic E-state index is 5.86. The molecule has 4 heterocycles. The Labute approximate surface area is 780 Å². The van der Waals surface area contributed by atoms with Crippen molar-refractivity contribution in [2.24, 2.45) is 473 Å². The Bertz CT molecular complexity index is 5230. The van der Waals surface area contributed by atoms with E-state index in [2.05, 4.69) is 76.7 Å². The summed E-state index contributed by atoms with van der Waals surface area (Å²) in [7, 11) is 0. The first-order valence-electron chi connectivity index (χ1n) is 60.6. The Morgan fingerprint density at radius 1 is 0.208 bits per heavy atom. The molecule has 36 saturated carbocycles. The van der Waals surface area contributed by atoms with E-state index < -0.39 is 0 Å². The monoisotopic (exact) mass is 1740 g/mol. The SMILES string of the molecule is CC(C)(C1=NCCN1)C1CC2CC3CC4CC5CC6CC7CC8CC9CC(C(C)(C)C%10=NCCN%10)C%10CC%11CC%12C%13C(CCC%12C(C)(C)C%12=NCCN%12)CC%12CC%14CC%15CC%16CC%17CC%18CC%19CCC%20(C(C)(C)C%21=NCCN%21)CC%21CC(C1)C2C1C3C2C4C3C5C4C6C5C7C6C8C7C9C%10C8C%11C%13C%12C9C%14C%10C%15C%11C%16C%12C%17C%13C%18C%14C(C3C%13C4C%12C5C%11C6C%10C7C98)C2C(C%211)C%20C%19%14. The molecule has 694 valence electrons. The van der Waals surface area contributed by atoms with Gasteiger partial charge in [-0.05, 0) is 592 Å². The maximum absolute atomic E-state index is 5.86. The lowest BCUT2D eigenvalue weighted by molar-refractivity contribution is -0.439. The van der Waals surface area contributed by atoms with E-state index in [1.807, 2.05) is 0 Å². The van der Waals surface area contributed by atoms with Crippen molar-refractivity contribution in [1.29, 1.82) is 0 Å². The van der Waals surface area contributed by atoms with Crippen LogP contribution in [-0.2, 0) is 0 Å². The van der Waals surface area contributed by atoms with Crippen LogP contribution in [0.25, 0.3) is 0 Å². The number of rotatable bonds is 8. The van der Waals surface area contributed by atoms with Gasteiger partial charge in [0.1, 0.15) is 23.3 Å². The molecule has 0 amide bonds. The van der Waals surface area contributed by atoms with Gasteiger partial charge in [-0.2, -0.15) is 0 Å².